The molecular weight excluding hydrogens is 335 g/mol. The van der Waals surface area contributed by atoms with Crippen LogP contribution in [0, 0.1) is 12.7 Å². The van der Waals surface area contributed by atoms with E-state index < -0.39 is 0 Å². The summed E-state index contributed by atoms with van der Waals surface area (Å²) >= 11 is 1.46. The molecule has 124 valence electrons. The maximum atomic E-state index is 14.2. The molecule has 0 bridgehead atoms. The summed E-state index contributed by atoms with van der Waals surface area (Å²) in [5.74, 6) is -0.0980. The highest BCUT2D eigenvalue weighted by Crippen LogP contribution is 2.29. The lowest BCUT2D eigenvalue weighted by atomic mass is 10.1. The number of rotatable bonds is 3. The van der Waals surface area contributed by atoms with Crippen molar-refractivity contribution in [2.75, 3.05) is 0 Å². The topological polar surface area (TPSA) is 37.5 Å². The predicted octanol–water partition coefficient (Wildman–Crippen LogP) is 5.57. The molecule has 0 fully saturated rings. The molecule has 25 heavy (non-hydrogen) atoms. The van der Waals surface area contributed by atoms with Crippen molar-refractivity contribution >= 4 is 28.7 Å². The van der Waals surface area contributed by atoms with E-state index in [0.29, 0.717) is 11.3 Å². The maximum absolute atomic E-state index is 14.2. The molecular formula is C20H15FN2OS. The van der Waals surface area contributed by atoms with Crippen LogP contribution in [0.15, 0.2) is 60.1 Å². The zero-order valence-electron chi connectivity index (χ0n) is 13.5. The van der Waals surface area contributed by atoms with E-state index in [1.807, 2.05) is 47.0 Å². The number of benzene rings is 1. The first kappa shape index (κ1) is 15.6. The summed E-state index contributed by atoms with van der Waals surface area (Å²) < 4.78 is 16.2. The molecule has 0 atom stereocenters. The molecule has 4 rings (SSSR count). The van der Waals surface area contributed by atoms with Crippen molar-refractivity contribution in [2.24, 2.45) is 0 Å². The number of hydrogen-bond acceptors (Lipinski definition) is 3. The number of aliphatic hydroxyl groups excluding tert-OH is 1. The molecule has 0 aliphatic heterocycles. The Labute approximate surface area is 148 Å². The Morgan fingerprint density at radius 3 is 2.76 bits per heavy atom. The summed E-state index contributed by atoms with van der Waals surface area (Å²) in [6.07, 6.45) is 3.37. The smallest absolute Gasteiger partial charge is 0.134 e. The fourth-order valence-electron chi connectivity index (χ4n) is 2.92. The fraction of sp³-hybridized carbons (Fsp3) is 0.0500. The standard InChI is InChI=1S/C20H15FN2OS/c1-13-12-22-16(11-19(24)20-7-4-10-25-20)18-9-8-17(23(13)18)14-5-2-3-6-15(14)21/h2-12,24H,1H3/b19-11-. The van der Waals surface area contributed by atoms with Gasteiger partial charge < -0.3 is 9.51 Å². The third-order valence-corrected chi connectivity index (χ3v) is 4.98. The highest BCUT2D eigenvalue weighted by molar-refractivity contribution is 7.11. The largest absolute Gasteiger partial charge is 0.506 e. The first-order valence-corrected chi connectivity index (χ1v) is 8.69. The number of thiophene rings is 1. The second-order valence-corrected chi connectivity index (χ2v) is 6.66. The van der Waals surface area contributed by atoms with Crippen molar-refractivity contribution in [1.82, 2.24) is 9.38 Å². The van der Waals surface area contributed by atoms with Crippen LogP contribution in [0.25, 0.3) is 28.6 Å². The quantitative estimate of drug-likeness (QED) is 0.491. The number of fused-ring (bicyclic) bond motifs is 1. The van der Waals surface area contributed by atoms with Crippen LogP contribution in [-0.2, 0) is 0 Å². The molecule has 1 aromatic carbocycles. The van der Waals surface area contributed by atoms with Gasteiger partial charge in [0.1, 0.15) is 11.6 Å². The molecule has 0 saturated carbocycles. The highest BCUT2D eigenvalue weighted by atomic mass is 32.1. The molecule has 0 saturated heterocycles. The summed E-state index contributed by atoms with van der Waals surface area (Å²) in [4.78, 5) is 5.22. The van der Waals surface area contributed by atoms with E-state index in [1.54, 1.807) is 24.4 Å². The third kappa shape index (κ3) is 2.72. The summed E-state index contributed by atoms with van der Waals surface area (Å²) in [5, 5.41) is 12.2. The molecule has 0 amide bonds. The molecule has 0 aliphatic carbocycles. The van der Waals surface area contributed by atoms with Crippen LogP contribution in [0.2, 0.25) is 0 Å². The van der Waals surface area contributed by atoms with Crippen molar-refractivity contribution < 1.29 is 9.50 Å². The van der Waals surface area contributed by atoms with E-state index in [9.17, 15) is 9.50 Å². The van der Waals surface area contributed by atoms with Crippen LogP contribution in [-0.4, -0.2) is 14.5 Å². The Kier molecular flexibility index (Phi) is 3.86. The number of aliphatic hydroxyl groups is 1. The van der Waals surface area contributed by atoms with Gasteiger partial charge in [0.05, 0.1) is 21.8 Å². The van der Waals surface area contributed by atoms with Gasteiger partial charge in [0.2, 0.25) is 0 Å². The van der Waals surface area contributed by atoms with E-state index in [2.05, 4.69) is 4.98 Å². The molecule has 4 aromatic rings. The summed E-state index contributed by atoms with van der Waals surface area (Å²) in [5.41, 5.74) is 3.65. The Morgan fingerprint density at radius 1 is 1.16 bits per heavy atom. The first-order valence-electron chi connectivity index (χ1n) is 7.81. The second-order valence-electron chi connectivity index (χ2n) is 5.71. The van der Waals surface area contributed by atoms with E-state index in [0.717, 1.165) is 21.8 Å². The van der Waals surface area contributed by atoms with E-state index in [4.69, 9.17) is 0 Å². The number of hydrogen-bond donors (Lipinski definition) is 1. The molecule has 3 aromatic heterocycles. The average molecular weight is 350 g/mol. The minimum absolute atomic E-state index is 0.168. The average Bonchev–Trinajstić information content (AvgIpc) is 3.28. The lowest BCUT2D eigenvalue weighted by molar-refractivity contribution is 0.517. The van der Waals surface area contributed by atoms with Crippen molar-refractivity contribution in [1.29, 1.82) is 0 Å². The first-order chi connectivity index (χ1) is 12.1. The zero-order chi connectivity index (χ0) is 17.4. The maximum Gasteiger partial charge on any atom is 0.134 e. The summed E-state index contributed by atoms with van der Waals surface area (Å²) in [7, 11) is 0. The second kappa shape index (κ2) is 6.18. The molecule has 5 heteroatoms. The molecule has 0 aliphatic rings. The van der Waals surface area contributed by atoms with Crippen molar-refractivity contribution in [3.8, 4) is 11.3 Å². The minimum Gasteiger partial charge on any atom is -0.506 e. The molecule has 1 N–H and O–H groups in total. The zero-order valence-corrected chi connectivity index (χ0v) is 14.3. The van der Waals surface area contributed by atoms with E-state index >= 15 is 0 Å². The van der Waals surface area contributed by atoms with E-state index in [-0.39, 0.29) is 11.6 Å². The van der Waals surface area contributed by atoms with Gasteiger partial charge in [-0.2, -0.15) is 0 Å². The van der Waals surface area contributed by atoms with Crippen LogP contribution in [0.5, 0.6) is 0 Å². The van der Waals surface area contributed by atoms with Crippen LogP contribution >= 0.6 is 11.3 Å². The van der Waals surface area contributed by atoms with Gasteiger partial charge in [0.15, 0.2) is 0 Å². The van der Waals surface area contributed by atoms with Gasteiger partial charge in [-0.15, -0.1) is 11.3 Å². The predicted molar refractivity (Wildman–Crippen MR) is 100 cm³/mol. The van der Waals surface area contributed by atoms with Crippen LogP contribution < -0.4 is 0 Å². The Hall–Kier alpha value is -2.92. The number of halogens is 1. The Balaban J connectivity index is 1.91. The monoisotopic (exact) mass is 350 g/mol. The number of nitrogens with zero attached hydrogens (tertiary/aromatic N) is 2. The molecule has 3 heterocycles. The van der Waals surface area contributed by atoms with Crippen molar-refractivity contribution in [3.05, 3.63) is 82.2 Å². The van der Waals surface area contributed by atoms with Crippen LogP contribution in [0.4, 0.5) is 4.39 Å². The van der Waals surface area contributed by atoms with E-state index in [1.165, 1.54) is 17.4 Å². The summed E-state index contributed by atoms with van der Waals surface area (Å²) in [6, 6.07) is 14.2. The Morgan fingerprint density at radius 2 is 2.00 bits per heavy atom. The van der Waals surface area contributed by atoms with Gasteiger partial charge in [0, 0.05) is 23.5 Å². The van der Waals surface area contributed by atoms with Gasteiger partial charge in [-0.3, -0.25) is 4.98 Å². The lowest BCUT2D eigenvalue weighted by Gasteiger charge is -2.09. The summed E-state index contributed by atoms with van der Waals surface area (Å²) in [6.45, 7) is 1.93. The van der Waals surface area contributed by atoms with Crippen LogP contribution in [0.1, 0.15) is 16.3 Å². The van der Waals surface area contributed by atoms with Gasteiger partial charge in [-0.05, 0) is 42.6 Å². The van der Waals surface area contributed by atoms with Gasteiger partial charge >= 0.3 is 0 Å². The Bertz CT molecular complexity index is 1080. The van der Waals surface area contributed by atoms with Gasteiger partial charge in [-0.25, -0.2) is 4.39 Å². The number of aromatic nitrogens is 2. The van der Waals surface area contributed by atoms with Gasteiger partial charge in [-0.1, -0.05) is 18.2 Å². The van der Waals surface area contributed by atoms with Crippen LogP contribution in [0.3, 0.4) is 0 Å². The van der Waals surface area contributed by atoms with Crippen molar-refractivity contribution in [3.63, 3.8) is 0 Å². The highest BCUT2D eigenvalue weighted by Gasteiger charge is 2.13. The normalized spacial score (nSPS) is 12.0. The number of aryl methyl sites for hydroxylation is 1. The van der Waals surface area contributed by atoms with Crippen molar-refractivity contribution in [2.45, 2.75) is 6.92 Å². The van der Waals surface area contributed by atoms with Gasteiger partial charge in [0.25, 0.3) is 0 Å². The fourth-order valence-corrected chi connectivity index (χ4v) is 3.56. The lowest BCUT2D eigenvalue weighted by Crippen LogP contribution is -1.99. The third-order valence-electron chi connectivity index (χ3n) is 4.08. The SMILES string of the molecule is Cc1cnc(/C=C(\O)c2cccs2)c2ccc(-c3ccccc3F)n12. The molecule has 3 nitrogen and oxygen atoms in total. The molecule has 0 unspecified atom stereocenters. The minimum atomic E-state index is -0.266. The molecule has 0 radical (unpaired) electrons. The molecule has 0 spiro atoms.